The summed E-state index contributed by atoms with van der Waals surface area (Å²) in [4.78, 5) is 12.0. The molecule has 2 heterocycles. The van der Waals surface area contributed by atoms with E-state index in [2.05, 4.69) is 16.5 Å². The summed E-state index contributed by atoms with van der Waals surface area (Å²) >= 11 is 0. The number of hydrogen-bond donors (Lipinski definition) is 3. The maximum Gasteiger partial charge on any atom is 0.252 e. The van der Waals surface area contributed by atoms with E-state index in [-0.39, 0.29) is 6.04 Å². The van der Waals surface area contributed by atoms with E-state index in [0.29, 0.717) is 29.7 Å². The lowest BCUT2D eigenvalue weighted by Gasteiger charge is -2.34. The number of carbonyl (C=O) groups is 1. The molecule has 0 saturated heterocycles. The number of aliphatic hydroxyl groups is 1. The second-order valence-corrected chi connectivity index (χ2v) is 7.96. The van der Waals surface area contributed by atoms with Gasteiger partial charge in [-0.25, -0.2) is 4.52 Å². The van der Waals surface area contributed by atoms with Crippen molar-refractivity contribution in [3.8, 4) is 17.2 Å². The molecular weight excluding hydrogens is 366 g/mol. The molecule has 1 aliphatic rings. The second-order valence-electron chi connectivity index (χ2n) is 7.96. The molecular formula is C22H23N5O2. The summed E-state index contributed by atoms with van der Waals surface area (Å²) in [7, 11) is 0. The van der Waals surface area contributed by atoms with Gasteiger partial charge in [0.2, 0.25) is 0 Å². The SMILES string of the molecule is C[C@]1(O)CC[C@@H](Nc2c(C(N)=O)cnn3cc(-c4ccc(C#N)cc4)cc23)CC1. The standard InChI is InChI=1S/C22H23N5O2/c1-22(29)8-6-17(7-9-22)26-20-18(21(24)28)12-25-27-13-16(10-19(20)27)15-4-2-14(11-23)3-5-15/h2-5,10,12-13,17,26,29H,6-9H2,1H3,(H2,24,28)/t17-,22+. The lowest BCUT2D eigenvalue weighted by molar-refractivity contribution is 0.0196. The number of carbonyl (C=O) groups excluding carboxylic acids is 1. The quantitative estimate of drug-likeness (QED) is 0.634. The third-order valence-electron chi connectivity index (χ3n) is 5.66. The Kier molecular flexibility index (Phi) is 4.73. The minimum absolute atomic E-state index is 0.146. The molecule has 29 heavy (non-hydrogen) atoms. The van der Waals surface area contributed by atoms with Crippen LogP contribution in [-0.2, 0) is 0 Å². The van der Waals surface area contributed by atoms with Crippen LogP contribution in [0.15, 0.2) is 42.7 Å². The highest BCUT2D eigenvalue weighted by atomic mass is 16.3. The van der Waals surface area contributed by atoms with E-state index < -0.39 is 11.5 Å². The number of nitrogens with two attached hydrogens (primary N) is 1. The normalized spacial score (nSPS) is 21.6. The molecule has 0 unspecified atom stereocenters. The number of hydrogen-bond acceptors (Lipinski definition) is 5. The number of aromatic nitrogens is 2. The highest BCUT2D eigenvalue weighted by molar-refractivity contribution is 6.02. The number of benzene rings is 1. The summed E-state index contributed by atoms with van der Waals surface area (Å²) in [6, 6.07) is 11.5. The van der Waals surface area contributed by atoms with Crippen LogP contribution >= 0.6 is 0 Å². The predicted octanol–water partition coefficient (Wildman–Crippen LogP) is 3.08. The number of fused-ring (bicyclic) bond motifs is 1. The molecule has 0 atom stereocenters. The van der Waals surface area contributed by atoms with Crippen LogP contribution < -0.4 is 11.1 Å². The Morgan fingerprint density at radius 2 is 2.00 bits per heavy atom. The van der Waals surface area contributed by atoms with Crippen LogP contribution in [0.1, 0.15) is 48.5 Å². The van der Waals surface area contributed by atoms with Crippen molar-refractivity contribution in [1.29, 1.82) is 5.26 Å². The molecule has 4 N–H and O–H groups in total. The highest BCUT2D eigenvalue weighted by Crippen LogP contribution is 2.33. The number of nitriles is 1. The summed E-state index contributed by atoms with van der Waals surface area (Å²) in [5.74, 6) is -0.536. The van der Waals surface area contributed by atoms with Crippen molar-refractivity contribution in [3.63, 3.8) is 0 Å². The lowest BCUT2D eigenvalue weighted by Crippen LogP contribution is -2.36. The number of primary amides is 1. The highest BCUT2D eigenvalue weighted by Gasteiger charge is 2.29. The van der Waals surface area contributed by atoms with Gasteiger partial charge in [0.05, 0.1) is 40.2 Å². The van der Waals surface area contributed by atoms with Crippen molar-refractivity contribution < 1.29 is 9.90 Å². The van der Waals surface area contributed by atoms with Gasteiger partial charge in [-0.05, 0) is 56.4 Å². The minimum Gasteiger partial charge on any atom is -0.390 e. The third kappa shape index (κ3) is 3.80. The summed E-state index contributed by atoms with van der Waals surface area (Å²) < 4.78 is 1.72. The molecule has 0 aliphatic heterocycles. The molecule has 1 aromatic carbocycles. The summed E-state index contributed by atoms with van der Waals surface area (Å²) in [6.45, 7) is 1.86. The van der Waals surface area contributed by atoms with Crippen LogP contribution in [0, 0.1) is 11.3 Å². The van der Waals surface area contributed by atoms with Crippen LogP contribution in [0.4, 0.5) is 5.69 Å². The molecule has 1 saturated carbocycles. The average Bonchev–Trinajstić information content (AvgIpc) is 3.14. The fourth-order valence-corrected chi connectivity index (χ4v) is 3.88. The van der Waals surface area contributed by atoms with Gasteiger partial charge in [0.15, 0.2) is 0 Å². The first-order valence-electron chi connectivity index (χ1n) is 9.67. The van der Waals surface area contributed by atoms with Gasteiger partial charge in [0.25, 0.3) is 5.91 Å². The minimum atomic E-state index is -0.629. The number of nitrogens with one attached hydrogen (secondary N) is 1. The molecule has 2 aromatic heterocycles. The Bertz CT molecular complexity index is 1100. The largest absolute Gasteiger partial charge is 0.390 e. The molecule has 1 fully saturated rings. The van der Waals surface area contributed by atoms with E-state index in [9.17, 15) is 9.90 Å². The first-order chi connectivity index (χ1) is 13.9. The molecule has 0 bridgehead atoms. The maximum atomic E-state index is 12.0. The fourth-order valence-electron chi connectivity index (χ4n) is 3.88. The Morgan fingerprint density at radius 3 is 2.62 bits per heavy atom. The number of rotatable bonds is 4. The third-order valence-corrected chi connectivity index (χ3v) is 5.66. The van der Waals surface area contributed by atoms with Gasteiger partial charge in [-0.15, -0.1) is 0 Å². The van der Waals surface area contributed by atoms with Crippen molar-refractivity contribution in [1.82, 2.24) is 9.61 Å². The zero-order chi connectivity index (χ0) is 20.6. The van der Waals surface area contributed by atoms with Gasteiger partial charge in [-0.3, -0.25) is 4.79 Å². The first-order valence-corrected chi connectivity index (χ1v) is 9.67. The van der Waals surface area contributed by atoms with Crippen LogP contribution in [0.5, 0.6) is 0 Å². The smallest absolute Gasteiger partial charge is 0.252 e. The molecule has 1 amide bonds. The van der Waals surface area contributed by atoms with E-state index in [1.807, 2.05) is 31.3 Å². The average molecular weight is 389 g/mol. The van der Waals surface area contributed by atoms with Crippen molar-refractivity contribution in [2.45, 2.75) is 44.2 Å². The van der Waals surface area contributed by atoms with Crippen molar-refractivity contribution in [2.24, 2.45) is 5.73 Å². The molecule has 7 nitrogen and oxygen atoms in total. The van der Waals surface area contributed by atoms with Crippen molar-refractivity contribution >= 4 is 17.1 Å². The van der Waals surface area contributed by atoms with Crippen molar-refractivity contribution in [2.75, 3.05) is 5.32 Å². The second kappa shape index (κ2) is 7.22. The zero-order valence-electron chi connectivity index (χ0n) is 16.2. The lowest BCUT2D eigenvalue weighted by atomic mass is 9.83. The zero-order valence-corrected chi connectivity index (χ0v) is 16.2. The number of amides is 1. The fraction of sp³-hybridized carbons (Fsp3) is 0.318. The van der Waals surface area contributed by atoms with Gasteiger partial charge in [-0.1, -0.05) is 12.1 Å². The number of anilines is 1. The van der Waals surface area contributed by atoms with Gasteiger partial charge in [-0.2, -0.15) is 10.4 Å². The topological polar surface area (TPSA) is 116 Å². The van der Waals surface area contributed by atoms with Gasteiger partial charge >= 0.3 is 0 Å². The van der Waals surface area contributed by atoms with Crippen LogP contribution in [0.3, 0.4) is 0 Å². The molecule has 148 valence electrons. The first kappa shape index (κ1) is 19.0. The predicted molar refractivity (Wildman–Crippen MR) is 110 cm³/mol. The number of nitrogens with zero attached hydrogens (tertiary/aromatic N) is 3. The van der Waals surface area contributed by atoms with Crippen LogP contribution in [0.25, 0.3) is 16.6 Å². The van der Waals surface area contributed by atoms with Gasteiger partial charge in [0.1, 0.15) is 0 Å². The van der Waals surface area contributed by atoms with E-state index in [4.69, 9.17) is 11.0 Å². The van der Waals surface area contributed by atoms with E-state index >= 15 is 0 Å². The summed E-state index contributed by atoms with van der Waals surface area (Å²) in [5.41, 5.74) is 9.23. The summed E-state index contributed by atoms with van der Waals surface area (Å²) in [6.07, 6.45) is 6.40. The van der Waals surface area contributed by atoms with E-state index in [0.717, 1.165) is 29.5 Å². The van der Waals surface area contributed by atoms with E-state index in [1.54, 1.807) is 16.6 Å². The van der Waals surface area contributed by atoms with E-state index in [1.165, 1.54) is 6.20 Å². The van der Waals surface area contributed by atoms with Gasteiger partial charge < -0.3 is 16.2 Å². The van der Waals surface area contributed by atoms with Crippen molar-refractivity contribution in [3.05, 3.63) is 53.9 Å². The van der Waals surface area contributed by atoms with Crippen LogP contribution in [-0.4, -0.2) is 32.3 Å². The van der Waals surface area contributed by atoms with Crippen LogP contribution in [0.2, 0.25) is 0 Å². The maximum absolute atomic E-state index is 12.0. The monoisotopic (exact) mass is 389 g/mol. The Morgan fingerprint density at radius 1 is 1.31 bits per heavy atom. The molecule has 4 rings (SSSR count). The molecule has 3 aromatic rings. The summed E-state index contributed by atoms with van der Waals surface area (Å²) in [5, 5.41) is 27.0. The Balaban J connectivity index is 1.72. The Labute approximate surface area is 168 Å². The molecule has 0 radical (unpaired) electrons. The molecule has 7 heteroatoms. The molecule has 0 spiro atoms. The Hall–Kier alpha value is -3.37. The van der Waals surface area contributed by atoms with Gasteiger partial charge in [0, 0.05) is 17.8 Å². The molecule has 1 aliphatic carbocycles.